The van der Waals surface area contributed by atoms with Crippen LogP contribution in [0.4, 0.5) is 0 Å². The number of ether oxygens (including phenoxy) is 2. The van der Waals surface area contributed by atoms with Gasteiger partial charge >= 0.3 is 0 Å². The predicted octanol–water partition coefficient (Wildman–Crippen LogP) is 2.84. The van der Waals surface area contributed by atoms with Crippen LogP contribution in [0.1, 0.15) is 58.3 Å². The summed E-state index contributed by atoms with van der Waals surface area (Å²) in [5.41, 5.74) is 0.671. The maximum Gasteiger partial charge on any atom is 0.168 e. The molecule has 1 heterocycles. The van der Waals surface area contributed by atoms with Gasteiger partial charge in [-0.05, 0) is 37.5 Å². The molecule has 3 fully saturated rings. The summed E-state index contributed by atoms with van der Waals surface area (Å²) in [6, 6.07) is 0.692. The third-order valence-electron chi connectivity index (χ3n) is 5.06. The summed E-state index contributed by atoms with van der Waals surface area (Å²) in [4.78, 5) is 0. The lowest BCUT2D eigenvalue weighted by atomic mass is 9.89. The van der Waals surface area contributed by atoms with Crippen molar-refractivity contribution in [3.05, 3.63) is 0 Å². The van der Waals surface area contributed by atoms with Gasteiger partial charge in [0.25, 0.3) is 0 Å². The summed E-state index contributed by atoms with van der Waals surface area (Å²) in [5, 5.41) is 3.80. The number of nitrogens with one attached hydrogen (secondary N) is 1. The molecule has 104 valence electrons. The Morgan fingerprint density at radius 3 is 2.28 bits per heavy atom. The molecule has 1 N–H and O–H groups in total. The molecular weight excluding hydrogens is 226 g/mol. The lowest BCUT2D eigenvalue weighted by Crippen LogP contribution is -2.43. The van der Waals surface area contributed by atoms with E-state index in [0.717, 1.165) is 26.1 Å². The third kappa shape index (κ3) is 2.73. The second-order valence-electron chi connectivity index (χ2n) is 6.51. The molecule has 1 spiro atoms. The Morgan fingerprint density at radius 2 is 1.72 bits per heavy atom. The van der Waals surface area contributed by atoms with E-state index in [4.69, 9.17) is 9.47 Å². The SMILES string of the molecule is CCCC1(CNC2CCC3(CC2)OCCO3)CC1. The Labute approximate surface area is 111 Å². The van der Waals surface area contributed by atoms with Crippen LogP contribution < -0.4 is 5.32 Å². The Morgan fingerprint density at radius 1 is 1.06 bits per heavy atom. The van der Waals surface area contributed by atoms with Crippen molar-refractivity contribution < 1.29 is 9.47 Å². The van der Waals surface area contributed by atoms with Crippen LogP contribution in [0.5, 0.6) is 0 Å². The van der Waals surface area contributed by atoms with Crippen LogP contribution in [0.25, 0.3) is 0 Å². The van der Waals surface area contributed by atoms with Crippen LogP contribution in [-0.4, -0.2) is 31.6 Å². The van der Waals surface area contributed by atoms with E-state index in [1.165, 1.54) is 45.1 Å². The second kappa shape index (κ2) is 5.10. The highest BCUT2D eigenvalue weighted by Gasteiger charge is 2.43. The van der Waals surface area contributed by atoms with Crippen molar-refractivity contribution >= 4 is 0 Å². The minimum absolute atomic E-state index is 0.196. The summed E-state index contributed by atoms with van der Waals surface area (Å²) in [5.74, 6) is -0.196. The summed E-state index contributed by atoms with van der Waals surface area (Å²) >= 11 is 0. The quantitative estimate of drug-likeness (QED) is 0.817. The molecule has 2 saturated carbocycles. The Kier molecular flexibility index (Phi) is 3.65. The van der Waals surface area contributed by atoms with E-state index >= 15 is 0 Å². The minimum Gasteiger partial charge on any atom is -0.348 e. The smallest absolute Gasteiger partial charge is 0.168 e. The van der Waals surface area contributed by atoms with E-state index in [-0.39, 0.29) is 5.79 Å². The average molecular weight is 253 g/mol. The minimum atomic E-state index is -0.196. The van der Waals surface area contributed by atoms with Crippen LogP contribution >= 0.6 is 0 Å². The first-order valence-corrected chi connectivity index (χ1v) is 7.77. The maximum atomic E-state index is 5.78. The third-order valence-corrected chi connectivity index (χ3v) is 5.06. The molecule has 3 nitrogen and oxygen atoms in total. The molecule has 1 aliphatic heterocycles. The van der Waals surface area contributed by atoms with Gasteiger partial charge in [-0.2, -0.15) is 0 Å². The van der Waals surface area contributed by atoms with E-state index in [2.05, 4.69) is 12.2 Å². The van der Waals surface area contributed by atoms with Gasteiger partial charge in [-0.15, -0.1) is 0 Å². The lowest BCUT2D eigenvalue weighted by Gasteiger charge is -2.36. The molecule has 3 rings (SSSR count). The molecule has 0 atom stereocenters. The molecule has 18 heavy (non-hydrogen) atoms. The molecule has 0 amide bonds. The van der Waals surface area contributed by atoms with Gasteiger partial charge in [-0.25, -0.2) is 0 Å². The Bertz CT molecular complexity index is 272. The van der Waals surface area contributed by atoms with Crippen molar-refractivity contribution in [1.82, 2.24) is 5.32 Å². The van der Waals surface area contributed by atoms with E-state index < -0.39 is 0 Å². The van der Waals surface area contributed by atoms with Crippen LogP contribution in [0, 0.1) is 5.41 Å². The van der Waals surface area contributed by atoms with Crippen LogP contribution in [-0.2, 0) is 9.47 Å². The maximum absolute atomic E-state index is 5.78. The fourth-order valence-corrected chi connectivity index (χ4v) is 3.63. The Hall–Kier alpha value is -0.120. The highest BCUT2D eigenvalue weighted by Crippen LogP contribution is 2.49. The standard InChI is InChI=1S/C15H27NO2/c1-2-5-14(8-9-14)12-16-13-3-6-15(7-4-13)17-10-11-18-15/h13,16H,2-12H2,1H3. The van der Waals surface area contributed by atoms with E-state index in [1.54, 1.807) is 0 Å². The van der Waals surface area contributed by atoms with Gasteiger partial charge in [0.15, 0.2) is 5.79 Å². The average Bonchev–Trinajstić information content (AvgIpc) is 3.01. The predicted molar refractivity (Wildman–Crippen MR) is 71.5 cm³/mol. The largest absolute Gasteiger partial charge is 0.348 e. The first-order chi connectivity index (χ1) is 8.76. The number of hydrogen-bond acceptors (Lipinski definition) is 3. The van der Waals surface area contributed by atoms with E-state index in [1.807, 2.05) is 0 Å². The molecule has 3 heteroatoms. The summed E-state index contributed by atoms with van der Waals surface area (Å²) in [6.07, 6.45) is 10.2. The van der Waals surface area contributed by atoms with Crippen molar-refractivity contribution in [2.24, 2.45) is 5.41 Å². The monoisotopic (exact) mass is 253 g/mol. The molecule has 1 saturated heterocycles. The van der Waals surface area contributed by atoms with Gasteiger partial charge in [-0.3, -0.25) is 0 Å². The zero-order valence-electron chi connectivity index (χ0n) is 11.7. The lowest BCUT2D eigenvalue weighted by molar-refractivity contribution is -0.179. The first kappa shape index (κ1) is 12.9. The molecule has 3 aliphatic rings. The molecule has 0 aromatic heterocycles. The van der Waals surface area contributed by atoms with Gasteiger partial charge in [0.2, 0.25) is 0 Å². The van der Waals surface area contributed by atoms with E-state index in [9.17, 15) is 0 Å². The molecule has 0 aromatic carbocycles. The molecule has 0 bridgehead atoms. The zero-order valence-corrected chi connectivity index (χ0v) is 11.7. The van der Waals surface area contributed by atoms with Crippen LogP contribution in [0.15, 0.2) is 0 Å². The topological polar surface area (TPSA) is 30.5 Å². The second-order valence-corrected chi connectivity index (χ2v) is 6.51. The first-order valence-electron chi connectivity index (χ1n) is 7.77. The van der Waals surface area contributed by atoms with Crippen LogP contribution in [0.2, 0.25) is 0 Å². The van der Waals surface area contributed by atoms with E-state index in [0.29, 0.717) is 11.5 Å². The van der Waals surface area contributed by atoms with Crippen molar-refractivity contribution in [2.45, 2.75) is 70.1 Å². The molecule has 0 unspecified atom stereocenters. The van der Waals surface area contributed by atoms with Crippen molar-refractivity contribution in [3.63, 3.8) is 0 Å². The van der Waals surface area contributed by atoms with Gasteiger partial charge in [0.05, 0.1) is 13.2 Å². The fourth-order valence-electron chi connectivity index (χ4n) is 3.63. The van der Waals surface area contributed by atoms with Crippen molar-refractivity contribution in [2.75, 3.05) is 19.8 Å². The van der Waals surface area contributed by atoms with Crippen molar-refractivity contribution in [1.29, 1.82) is 0 Å². The van der Waals surface area contributed by atoms with Gasteiger partial charge in [0, 0.05) is 25.4 Å². The molecular formula is C15H27NO2. The normalized spacial score (nSPS) is 29.8. The number of hydrogen-bond donors (Lipinski definition) is 1. The fraction of sp³-hybridized carbons (Fsp3) is 1.00. The summed E-state index contributed by atoms with van der Waals surface area (Å²) < 4.78 is 11.6. The van der Waals surface area contributed by atoms with Gasteiger partial charge in [-0.1, -0.05) is 13.3 Å². The summed E-state index contributed by atoms with van der Waals surface area (Å²) in [7, 11) is 0. The van der Waals surface area contributed by atoms with Crippen LogP contribution in [0.3, 0.4) is 0 Å². The zero-order chi connectivity index (χ0) is 12.5. The van der Waals surface area contributed by atoms with Gasteiger partial charge in [0.1, 0.15) is 0 Å². The molecule has 0 radical (unpaired) electrons. The van der Waals surface area contributed by atoms with Crippen molar-refractivity contribution in [3.8, 4) is 0 Å². The highest BCUT2D eigenvalue weighted by atomic mass is 16.7. The van der Waals surface area contributed by atoms with Gasteiger partial charge < -0.3 is 14.8 Å². The molecule has 2 aliphatic carbocycles. The molecule has 0 aromatic rings. The highest BCUT2D eigenvalue weighted by molar-refractivity contribution is 4.96. The Balaban J connectivity index is 1.40. The summed E-state index contributed by atoms with van der Waals surface area (Å²) in [6.45, 7) is 5.12. The number of rotatable bonds is 5.